The number of likely N-dealkylation sites (tertiary alicyclic amines) is 1. The van der Waals surface area contributed by atoms with Crippen molar-refractivity contribution in [2.24, 2.45) is 0 Å². The molecule has 1 saturated heterocycles. The lowest BCUT2D eigenvalue weighted by atomic mass is 10.1. The monoisotopic (exact) mass is 260 g/mol. The Labute approximate surface area is 110 Å². The zero-order chi connectivity index (χ0) is 13.4. The van der Waals surface area contributed by atoms with E-state index in [1.165, 1.54) is 0 Å². The van der Waals surface area contributed by atoms with E-state index in [1.54, 1.807) is 18.2 Å². The number of benzene rings is 1. The van der Waals surface area contributed by atoms with Gasteiger partial charge in [0.25, 0.3) is 0 Å². The summed E-state index contributed by atoms with van der Waals surface area (Å²) >= 11 is 0. The molecule has 2 heterocycles. The highest BCUT2D eigenvalue weighted by molar-refractivity contribution is 5.92. The summed E-state index contributed by atoms with van der Waals surface area (Å²) in [5.74, 6) is -0.921. The molecule has 1 atom stereocenters. The van der Waals surface area contributed by atoms with Crippen LogP contribution in [0.25, 0.3) is 11.0 Å². The second-order valence-electron chi connectivity index (χ2n) is 5.10. The van der Waals surface area contributed by atoms with Gasteiger partial charge in [0.1, 0.15) is 5.52 Å². The van der Waals surface area contributed by atoms with Crippen LogP contribution in [-0.4, -0.2) is 51.1 Å². The van der Waals surface area contributed by atoms with Crippen molar-refractivity contribution in [2.75, 3.05) is 20.1 Å². The van der Waals surface area contributed by atoms with E-state index in [0.717, 1.165) is 37.0 Å². The topological polar surface area (TPSA) is 71.2 Å². The smallest absolute Gasteiger partial charge is 0.335 e. The minimum atomic E-state index is -0.921. The molecule has 0 radical (unpaired) electrons. The number of hydrogen-bond donors (Lipinski definition) is 1. The van der Waals surface area contributed by atoms with E-state index in [9.17, 15) is 4.79 Å². The molecule has 1 aliphatic rings. The fourth-order valence-electron chi connectivity index (χ4n) is 2.68. The first-order chi connectivity index (χ1) is 9.15. The number of nitrogens with zero attached hydrogens (tertiary/aromatic N) is 4. The van der Waals surface area contributed by atoms with Gasteiger partial charge >= 0.3 is 5.97 Å². The van der Waals surface area contributed by atoms with Gasteiger partial charge in [0.15, 0.2) is 0 Å². The van der Waals surface area contributed by atoms with Crippen LogP contribution in [0.1, 0.15) is 29.2 Å². The first-order valence-electron chi connectivity index (χ1n) is 6.42. The Hall–Kier alpha value is -1.95. The van der Waals surface area contributed by atoms with Crippen LogP contribution in [0, 0.1) is 0 Å². The van der Waals surface area contributed by atoms with Gasteiger partial charge in [-0.2, -0.15) is 0 Å². The first-order valence-corrected chi connectivity index (χ1v) is 6.42. The van der Waals surface area contributed by atoms with Crippen LogP contribution in [0.4, 0.5) is 0 Å². The van der Waals surface area contributed by atoms with Gasteiger partial charge in [-0.05, 0) is 44.6 Å². The maximum absolute atomic E-state index is 11.0. The second kappa shape index (κ2) is 4.62. The Balaban J connectivity index is 2.03. The van der Waals surface area contributed by atoms with E-state index in [-0.39, 0.29) is 11.6 Å². The molecule has 100 valence electrons. The fraction of sp³-hybridized carbons (Fsp3) is 0.462. The van der Waals surface area contributed by atoms with E-state index in [1.807, 2.05) is 4.68 Å². The number of rotatable bonds is 2. The zero-order valence-corrected chi connectivity index (χ0v) is 10.8. The molecule has 0 saturated carbocycles. The van der Waals surface area contributed by atoms with Crippen molar-refractivity contribution in [3.05, 3.63) is 23.8 Å². The van der Waals surface area contributed by atoms with Crippen molar-refractivity contribution < 1.29 is 9.90 Å². The van der Waals surface area contributed by atoms with Crippen LogP contribution in [0.15, 0.2) is 18.2 Å². The van der Waals surface area contributed by atoms with Crippen molar-refractivity contribution >= 4 is 17.0 Å². The number of piperidine rings is 1. The molecule has 0 aliphatic carbocycles. The van der Waals surface area contributed by atoms with E-state index in [4.69, 9.17) is 5.11 Å². The van der Waals surface area contributed by atoms with Crippen LogP contribution >= 0.6 is 0 Å². The average molecular weight is 260 g/mol. The standard InChI is InChI=1S/C13H16N4O2/c1-16-6-2-3-10(8-16)17-12-7-9(13(18)19)4-5-11(12)14-15-17/h4-5,7,10H,2-3,6,8H2,1H3,(H,18,19). The minimum Gasteiger partial charge on any atom is -0.478 e. The van der Waals surface area contributed by atoms with Gasteiger partial charge in [0.2, 0.25) is 0 Å². The SMILES string of the molecule is CN1CCCC(n2nnc3ccc(C(=O)O)cc32)C1. The van der Waals surface area contributed by atoms with Crippen LogP contribution in [0.2, 0.25) is 0 Å². The number of carboxylic acid groups (broad SMARTS) is 1. The van der Waals surface area contributed by atoms with Crippen molar-refractivity contribution in [2.45, 2.75) is 18.9 Å². The number of hydrogen-bond acceptors (Lipinski definition) is 4. The predicted molar refractivity (Wildman–Crippen MR) is 70.3 cm³/mol. The van der Waals surface area contributed by atoms with Gasteiger partial charge in [0, 0.05) is 6.54 Å². The fourth-order valence-corrected chi connectivity index (χ4v) is 2.68. The molecule has 2 aromatic rings. The van der Waals surface area contributed by atoms with Crippen LogP contribution in [0.5, 0.6) is 0 Å². The zero-order valence-electron chi connectivity index (χ0n) is 10.8. The summed E-state index contributed by atoms with van der Waals surface area (Å²) in [6.07, 6.45) is 2.18. The van der Waals surface area contributed by atoms with Crippen LogP contribution < -0.4 is 0 Å². The molecule has 1 unspecified atom stereocenters. The summed E-state index contributed by atoms with van der Waals surface area (Å²) in [5, 5.41) is 17.4. The molecule has 1 fully saturated rings. The lowest BCUT2D eigenvalue weighted by Gasteiger charge is -2.29. The maximum atomic E-state index is 11.0. The third kappa shape index (κ3) is 2.19. The summed E-state index contributed by atoms with van der Waals surface area (Å²) in [6, 6.07) is 5.21. The van der Waals surface area contributed by atoms with E-state index >= 15 is 0 Å². The second-order valence-corrected chi connectivity index (χ2v) is 5.10. The third-order valence-electron chi connectivity index (χ3n) is 3.66. The Morgan fingerprint density at radius 2 is 2.32 bits per heavy atom. The number of likely N-dealkylation sites (N-methyl/N-ethyl adjacent to an activating group) is 1. The van der Waals surface area contributed by atoms with Gasteiger partial charge in [-0.25, -0.2) is 9.48 Å². The van der Waals surface area contributed by atoms with Gasteiger partial charge in [0.05, 0.1) is 17.1 Å². The molecule has 6 heteroatoms. The van der Waals surface area contributed by atoms with E-state index in [2.05, 4.69) is 22.3 Å². The summed E-state index contributed by atoms with van der Waals surface area (Å²) in [5.41, 5.74) is 1.83. The van der Waals surface area contributed by atoms with Crippen molar-refractivity contribution in [1.82, 2.24) is 19.9 Å². The van der Waals surface area contributed by atoms with Gasteiger partial charge < -0.3 is 10.0 Å². The first kappa shape index (κ1) is 12.1. The third-order valence-corrected chi connectivity index (χ3v) is 3.66. The van der Waals surface area contributed by atoms with Crippen molar-refractivity contribution in [1.29, 1.82) is 0 Å². The summed E-state index contributed by atoms with van der Waals surface area (Å²) in [7, 11) is 2.09. The summed E-state index contributed by atoms with van der Waals surface area (Å²) in [4.78, 5) is 13.3. The van der Waals surface area contributed by atoms with Gasteiger partial charge in [-0.1, -0.05) is 5.21 Å². The molecule has 0 bridgehead atoms. The normalized spacial score (nSPS) is 20.8. The Morgan fingerprint density at radius 1 is 1.47 bits per heavy atom. The molecule has 19 heavy (non-hydrogen) atoms. The van der Waals surface area contributed by atoms with Crippen molar-refractivity contribution in [3.8, 4) is 0 Å². The van der Waals surface area contributed by atoms with Crippen molar-refractivity contribution in [3.63, 3.8) is 0 Å². The minimum absolute atomic E-state index is 0.271. The molecule has 3 rings (SSSR count). The Morgan fingerprint density at radius 3 is 3.05 bits per heavy atom. The highest BCUT2D eigenvalue weighted by Gasteiger charge is 2.22. The molecular weight excluding hydrogens is 244 g/mol. The highest BCUT2D eigenvalue weighted by atomic mass is 16.4. The van der Waals surface area contributed by atoms with Gasteiger partial charge in [-0.3, -0.25) is 0 Å². The molecule has 6 nitrogen and oxygen atoms in total. The summed E-state index contributed by atoms with van der Waals surface area (Å²) in [6.45, 7) is 2.03. The lowest BCUT2D eigenvalue weighted by molar-refractivity contribution is 0.0697. The predicted octanol–water partition coefficient (Wildman–Crippen LogP) is 1.40. The molecule has 1 aliphatic heterocycles. The number of aromatic carboxylic acids is 1. The number of carboxylic acids is 1. The molecular formula is C13H16N4O2. The molecule has 1 aromatic carbocycles. The Bertz CT molecular complexity index is 622. The van der Waals surface area contributed by atoms with E-state index < -0.39 is 5.97 Å². The molecule has 0 amide bonds. The molecule has 1 aromatic heterocycles. The van der Waals surface area contributed by atoms with Crippen LogP contribution in [-0.2, 0) is 0 Å². The number of carbonyl (C=O) groups is 1. The quantitative estimate of drug-likeness (QED) is 0.883. The number of fused-ring (bicyclic) bond motifs is 1. The molecule has 1 N–H and O–H groups in total. The highest BCUT2D eigenvalue weighted by Crippen LogP contribution is 2.24. The van der Waals surface area contributed by atoms with E-state index in [0.29, 0.717) is 0 Å². The summed E-state index contributed by atoms with van der Waals surface area (Å²) < 4.78 is 1.87. The number of aromatic nitrogens is 3. The molecule has 0 spiro atoms. The lowest BCUT2D eigenvalue weighted by Crippen LogP contribution is -2.34. The average Bonchev–Trinajstić information content (AvgIpc) is 2.81. The Kier molecular flexibility index (Phi) is 2.94. The van der Waals surface area contributed by atoms with Crippen LogP contribution in [0.3, 0.4) is 0 Å². The maximum Gasteiger partial charge on any atom is 0.335 e. The largest absolute Gasteiger partial charge is 0.478 e. The van der Waals surface area contributed by atoms with Gasteiger partial charge in [-0.15, -0.1) is 5.10 Å².